The van der Waals surface area contributed by atoms with E-state index < -0.39 is 72.6 Å². The van der Waals surface area contributed by atoms with Gasteiger partial charge in [0, 0.05) is 0 Å². The van der Waals surface area contributed by atoms with Crippen LogP contribution in [-0.4, -0.2) is 83.0 Å². The van der Waals surface area contributed by atoms with E-state index in [0.717, 1.165) is 0 Å². The van der Waals surface area contributed by atoms with Crippen molar-refractivity contribution in [2.75, 3.05) is 13.1 Å². The average Bonchev–Trinajstić information content (AvgIpc) is 2.76. The number of primary amides is 1. The lowest BCUT2D eigenvalue weighted by Crippen LogP contribution is -2.57. The Balaban J connectivity index is 5.55. The Labute approximate surface area is 202 Å². The van der Waals surface area contributed by atoms with Crippen LogP contribution in [0, 0.1) is 0 Å². The first kappa shape index (κ1) is 31.7. The number of rotatable bonds is 19. The largest absolute Gasteiger partial charge is 0.481 e. The van der Waals surface area contributed by atoms with Gasteiger partial charge in [0.05, 0.1) is 18.9 Å². The van der Waals surface area contributed by atoms with E-state index in [-0.39, 0.29) is 12.8 Å². The van der Waals surface area contributed by atoms with Crippen LogP contribution in [0.1, 0.15) is 51.4 Å². The number of carbonyl (C=O) groups excluding carboxylic acids is 4. The summed E-state index contributed by atoms with van der Waals surface area (Å²) in [4.78, 5) is 71.3. The molecular weight excluding hydrogens is 466 g/mol. The van der Waals surface area contributed by atoms with Gasteiger partial charge in [-0.05, 0) is 51.6 Å². The number of hydrogen-bond acceptors (Lipinski definition) is 9. The number of carboxylic acid groups (broad SMARTS) is 2. The van der Waals surface area contributed by atoms with Crippen molar-refractivity contribution in [3.63, 3.8) is 0 Å². The molecule has 0 aliphatic carbocycles. The summed E-state index contributed by atoms with van der Waals surface area (Å²) in [6.45, 7) is 0.655. The minimum atomic E-state index is -1.59. The number of nitrogens with one attached hydrogen (secondary N) is 3. The van der Waals surface area contributed by atoms with Gasteiger partial charge in [-0.15, -0.1) is 0 Å². The minimum Gasteiger partial charge on any atom is -0.481 e. The highest BCUT2D eigenvalue weighted by molar-refractivity contribution is 5.95. The molecule has 0 aliphatic rings. The van der Waals surface area contributed by atoms with Crippen LogP contribution in [0.4, 0.5) is 0 Å². The summed E-state index contributed by atoms with van der Waals surface area (Å²) in [6.07, 6.45) is 0.833. The molecule has 0 aromatic heterocycles. The van der Waals surface area contributed by atoms with Gasteiger partial charge in [0.15, 0.2) is 0 Å². The molecule has 0 heterocycles. The van der Waals surface area contributed by atoms with Gasteiger partial charge in [0.1, 0.15) is 18.1 Å². The molecule has 0 aromatic rings. The van der Waals surface area contributed by atoms with E-state index in [2.05, 4.69) is 16.0 Å². The first-order chi connectivity index (χ1) is 16.4. The maximum Gasteiger partial charge on any atom is 0.326 e. The van der Waals surface area contributed by atoms with E-state index in [9.17, 15) is 33.9 Å². The Morgan fingerprint density at radius 2 is 1.09 bits per heavy atom. The molecular formula is C20H37N7O8. The molecule has 0 saturated carbocycles. The molecule has 13 N–H and O–H groups in total. The van der Waals surface area contributed by atoms with Crippen LogP contribution in [0.2, 0.25) is 0 Å². The molecule has 0 rings (SSSR count). The van der Waals surface area contributed by atoms with E-state index in [0.29, 0.717) is 38.8 Å². The number of carbonyl (C=O) groups is 6. The number of unbranched alkanes of at least 4 members (excludes halogenated alkanes) is 2. The zero-order chi connectivity index (χ0) is 27.0. The molecule has 35 heavy (non-hydrogen) atoms. The molecule has 4 atom stereocenters. The molecule has 0 bridgehead atoms. The fourth-order valence-corrected chi connectivity index (χ4v) is 3.03. The van der Waals surface area contributed by atoms with Crippen molar-refractivity contribution < 1.29 is 39.0 Å². The highest BCUT2D eigenvalue weighted by atomic mass is 16.4. The van der Waals surface area contributed by atoms with Crippen molar-refractivity contribution in [1.82, 2.24) is 16.0 Å². The van der Waals surface area contributed by atoms with Gasteiger partial charge < -0.3 is 49.1 Å². The van der Waals surface area contributed by atoms with Gasteiger partial charge in [-0.1, -0.05) is 0 Å². The molecule has 200 valence electrons. The maximum atomic E-state index is 13.0. The summed E-state index contributed by atoms with van der Waals surface area (Å²) in [5.41, 5.74) is 21.5. The Morgan fingerprint density at radius 1 is 0.657 bits per heavy atom. The maximum absolute atomic E-state index is 13.0. The number of nitrogens with two attached hydrogens (primary N) is 4. The summed E-state index contributed by atoms with van der Waals surface area (Å²) >= 11 is 0. The first-order valence-electron chi connectivity index (χ1n) is 11.2. The van der Waals surface area contributed by atoms with Crippen LogP contribution in [0.25, 0.3) is 0 Å². The van der Waals surface area contributed by atoms with Gasteiger partial charge in [-0.25, -0.2) is 4.79 Å². The lowest BCUT2D eigenvalue weighted by molar-refractivity contribution is -0.143. The SMILES string of the molecule is NCCCCC(NC(=O)C(N)CC(=O)O)C(=O)NC(CCCCN)C(=O)NC(CC(N)=O)C(=O)O. The quantitative estimate of drug-likeness (QED) is 0.0778. The monoisotopic (exact) mass is 503 g/mol. The predicted octanol–water partition coefficient (Wildman–Crippen LogP) is -3.54. The van der Waals surface area contributed by atoms with Gasteiger partial charge in [0.2, 0.25) is 23.6 Å². The Hall–Kier alpha value is -3.30. The van der Waals surface area contributed by atoms with E-state index in [1.807, 2.05) is 0 Å². The molecule has 4 unspecified atom stereocenters. The highest BCUT2D eigenvalue weighted by Crippen LogP contribution is 2.07. The predicted molar refractivity (Wildman–Crippen MR) is 123 cm³/mol. The van der Waals surface area contributed by atoms with E-state index in [1.165, 1.54) is 0 Å². The molecule has 0 saturated heterocycles. The Bertz CT molecular complexity index is 749. The van der Waals surface area contributed by atoms with E-state index in [1.54, 1.807) is 0 Å². The zero-order valence-electron chi connectivity index (χ0n) is 19.5. The number of aliphatic carboxylic acids is 2. The van der Waals surface area contributed by atoms with Gasteiger partial charge in [-0.3, -0.25) is 24.0 Å². The summed E-state index contributed by atoms with van der Waals surface area (Å²) in [7, 11) is 0. The second kappa shape index (κ2) is 17.2. The van der Waals surface area contributed by atoms with E-state index >= 15 is 0 Å². The van der Waals surface area contributed by atoms with Gasteiger partial charge >= 0.3 is 11.9 Å². The topological polar surface area (TPSA) is 283 Å². The van der Waals surface area contributed by atoms with Crippen LogP contribution < -0.4 is 38.9 Å². The molecule has 4 amide bonds. The van der Waals surface area contributed by atoms with Crippen molar-refractivity contribution in [2.24, 2.45) is 22.9 Å². The first-order valence-corrected chi connectivity index (χ1v) is 11.2. The Morgan fingerprint density at radius 3 is 1.46 bits per heavy atom. The van der Waals surface area contributed by atoms with Crippen molar-refractivity contribution >= 4 is 35.6 Å². The highest BCUT2D eigenvalue weighted by Gasteiger charge is 2.30. The van der Waals surface area contributed by atoms with Crippen LogP contribution in [-0.2, 0) is 28.8 Å². The molecule has 0 radical (unpaired) electrons. The standard InChI is InChI=1S/C20H37N7O8/c21-7-3-1-5-12(25-17(31)11(23)9-16(29)30)18(32)26-13(6-2-4-8-22)19(33)27-14(20(34)35)10-15(24)28/h11-14H,1-10,21-23H2,(H2,24,28)(H,25,31)(H,26,32)(H,27,33)(H,29,30)(H,34,35). The molecule has 0 aliphatic heterocycles. The third kappa shape index (κ3) is 13.9. The summed E-state index contributed by atoms with van der Waals surface area (Å²) in [5.74, 6) is -6.20. The van der Waals surface area contributed by atoms with Crippen LogP contribution in [0.15, 0.2) is 0 Å². The van der Waals surface area contributed by atoms with Crippen molar-refractivity contribution in [3.05, 3.63) is 0 Å². The third-order valence-electron chi connectivity index (χ3n) is 4.91. The molecule has 0 fully saturated rings. The molecule has 15 nitrogen and oxygen atoms in total. The van der Waals surface area contributed by atoms with Crippen LogP contribution in [0.3, 0.4) is 0 Å². The van der Waals surface area contributed by atoms with Crippen molar-refractivity contribution in [3.8, 4) is 0 Å². The summed E-state index contributed by atoms with van der Waals surface area (Å²) in [5, 5.41) is 25.1. The lowest BCUT2D eigenvalue weighted by atomic mass is 10.0. The van der Waals surface area contributed by atoms with Crippen LogP contribution >= 0.6 is 0 Å². The minimum absolute atomic E-state index is 0.0969. The second-order valence-electron chi connectivity index (χ2n) is 7.97. The van der Waals surface area contributed by atoms with Gasteiger partial charge in [0.25, 0.3) is 0 Å². The fraction of sp³-hybridized carbons (Fsp3) is 0.700. The van der Waals surface area contributed by atoms with Gasteiger partial charge in [-0.2, -0.15) is 0 Å². The number of carboxylic acids is 2. The van der Waals surface area contributed by atoms with E-state index in [4.69, 9.17) is 28.0 Å². The van der Waals surface area contributed by atoms with Crippen molar-refractivity contribution in [1.29, 1.82) is 0 Å². The third-order valence-corrected chi connectivity index (χ3v) is 4.91. The number of amides is 4. The Kier molecular flexibility index (Phi) is 15.6. The molecule has 0 spiro atoms. The molecule has 15 heteroatoms. The zero-order valence-corrected chi connectivity index (χ0v) is 19.5. The van der Waals surface area contributed by atoms with Crippen LogP contribution in [0.5, 0.6) is 0 Å². The lowest BCUT2D eigenvalue weighted by Gasteiger charge is -2.25. The second-order valence-corrected chi connectivity index (χ2v) is 7.97. The summed E-state index contributed by atoms with van der Waals surface area (Å²) in [6, 6.07) is -5.35. The average molecular weight is 504 g/mol. The number of hydrogen-bond donors (Lipinski definition) is 9. The summed E-state index contributed by atoms with van der Waals surface area (Å²) < 4.78 is 0. The van der Waals surface area contributed by atoms with Crippen molar-refractivity contribution in [2.45, 2.75) is 75.5 Å². The molecule has 0 aromatic carbocycles. The fourth-order valence-electron chi connectivity index (χ4n) is 3.03. The normalized spacial score (nSPS) is 14.1. The smallest absolute Gasteiger partial charge is 0.326 e.